The number of nitrogens with zero attached hydrogens (tertiary/aromatic N) is 1. The van der Waals surface area contributed by atoms with Crippen molar-refractivity contribution in [1.29, 1.82) is 0 Å². The van der Waals surface area contributed by atoms with Crippen LogP contribution in [0.4, 0.5) is 0 Å². The fraction of sp³-hybridized carbons (Fsp3) is 0.867. The molecule has 0 radical (unpaired) electrons. The molecule has 4 heteroatoms. The predicted octanol–water partition coefficient (Wildman–Crippen LogP) is 1.54. The second-order valence-corrected chi connectivity index (χ2v) is 6.50. The summed E-state index contributed by atoms with van der Waals surface area (Å²) >= 11 is 0. The van der Waals surface area contributed by atoms with Crippen LogP contribution in [-0.4, -0.2) is 29.3 Å². The molecule has 0 aromatic rings. The van der Waals surface area contributed by atoms with Gasteiger partial charge in [0.1, 0.15) is 0 Å². The van der Waals surface area contributed by atoms with Crippen molar-refractivity contribution in [3.8, 4) is 0 Å². The molecule has 3 aliphatic rings. The summed E-state index contributed by atoms with van der Waals surface area (Å²) in [6, 6.07) is 0.0932. The van der Waals surface area contributed by atoms with Crippen LogP contribution in [0, 0.1) is 23.7 Å². The first-order chi connectivity index (χ1) is 9.17. The van der Waals surface area contributed by atoms with Crippen molar-refractivity contribution >= 4 is 11.8 Å². The van der Waals surface area contributed by atoms with E-state index in [0.717, 1.165) is 38.5 Å². The molecule has 2 saturated carbocycles. The largest absolute Gasteiger partial charge is 0.330 e. The average molecular weight is 264 g/mol. The first-order valence-corrected chi connectivity index (χ1v) is 7.74. The molecule has 4 unspecified atom stereocenters. The van der Waals surface area contributed by atoms with Gasteiger partial charge in [-0.25, -0.2) is 0 Å². The van der Waals surface area contributed by atoms with E-state index in [1.165, 1.54) is 0 Å². The maximum Gasteiger partial charge on any atom is 0.233 e. The van der Waals surface area contributed by atoms with E-state index in [9.17, 15) is 9.59 Å². The van der Waals surface area contributed by atoms with E-state index < -0.39 is 0 Å². The Morgan fingerprint density at radius 2 is 1.79 bits per heavy atom. The molecular formula is C15H24N2O2. The zero-order valence-electron chi connectivity index (χ0n) is 11.7. The second kappa shape index (κ2) is 4.89. The Balaban J connectivity index is 1.79. The molecule has 0 bridgehead atoms. The summed E-state index contributed by atoms with van der Waals surface area (Å²) in [6.45, 7) is 2.74. The minimum atomic E-state index is -0.0172. The molecular weight excluding hydrogens is 240 g/mol. The molecule has 0 aromatic heterocycles. The van der Waals surface area contributed by atoms with Crippen LogP contribution < -0.4 is 5.73 Å². The highest BCUT2D eigenvalue weighted by molar-refractivity contribution is 6.05. The molecule has 2 amide bonds. The highest BCUT2D eigenvalue weighted by atomic mass is 16.2. The molecule has 106 valence electrons. The summed E-state index contributed by atoms with van der Waals surface area (Å²) in [5, 5.41) is 0. The quantitative estimate of drug-likeness (QED) is 0.786. The first-order valence-electron chi connectivity index (χ1n) is 7.74. The molecule has 2 N–H and O–H groups in total. The summed E-state index contributed by atoms with van der Waals surface area (Å²) in [6.07, 6.45) is 6.03. The third-order valence-corrected chi connectivity index (χ3v) is 5.60. The van der Waals surface area contributed by atoms with Crippen molar-refractivity contribution in [2.24, 2.45) is 29.4 Å². The number of carbonyl (C=O) groups excluding carboxylic acids is 2. The number of amides is 2. The Hall–Kier alpha value is -0.900. The molecule has 3 rings (SSSR count). The molecule has 1 aliphatic heterocycles. The fourth-order valence-electron chi connectivity index (χ4n) is 4.45. The normalized spacial score (nSPS) is 42.2. The third kappa shape index (κ3) is 1.92. The number of likely N-dealkylation sites (tertiary alicyclic amines) is 1. The van der Waals surface area contributed by atoms with Crippen molar-refractivity contribution < 1.29 is 9.59 Å². The minimum absolute atomic E-state index is 0.0172. The predicted molar refractivity (Wildman–Crippen MR) is 72.0 cm³/mol. The van der Waals surface area contributed by atoms with Gasteiger partial charge in [-0.1, -0.05) is 19.8 Å². The second-order valence-electron chi connectivity index (χ2n) is 6.50. The summed E-state index contributed by atoms with van der Waals surface area (Å²) in [5.41, 5.74) is 5.79. The highest BCUT2D eigenvalue weighted by Crippen LogP contribution is 2.46. The topological polar surface area (TPSA) is 63.4 Å². The fourth-order valence-corrected chi connectivity index (χ4v) is 4.45. The number of fused-ring (bicyclic) bond motifs is 1. The lowest BCUT2D eigenvalue weighted by Crippen LogP contribution is -2.45. The van der Waals surface area contributed by atoms with Gasteiger partial charge in [-0.2, -0.15) is 0 Å². The summed E-state index contributed by atoms with van der Waals surface area (Å²) < 4.78 is 0. The van der Waals surface area contributed by atoms with Gasteiger partial charge in [0, 0.05) is 6.04 Å². The van der Waals surface area contributed by atoms with Gasteiger partial charge < -0.3 is 5.73 Å². The van der Waals surface area contributed by atoms with Crippen LogP contribution in [0.5, 0.6) is 0 Å². The van der Waals surface area contributed by atoms with Crippen molar-refractivity contribution in [2.45, 2.75) is 51.5 Å². The van der Waals surface area contributed by atoms with Crippen LogP contribution in [0.25, 0.3) is 0 Å². The number of hydrogen-bond donors (Lipinski definition) is 1. The van der Waals surface area contributed by atoms with E-state index in [0.29, 0.717) is 18.4 Å². The van der Waals surface area contributed by atoms with Gasteiger partial charge in [-0.05, 0) is 44.1 Å². The molecule has 19 heavy (non-hydrogen) atoms. The van der Waals surface area contributed by atoms with E-state index >= 15 is 0 Å². The third-order valence-electron chi connectivity index (χ3n) is 5.60. The lowest BCUT2D eigenvalue weighted by atomic mass is 10.00. The van der Waals surface area contributed by atoms with Crippen LogP contribution in [0.15, 0.2) is 0 Å². The van der Waals surface area contributed by atoms with Crippen LogP contribution in [0.3, 0.4) is 0 Å². The Morgan fingerprint density at radius 1 is 1.16 bits per heavy atom. The maximum absolute atomic E-state index is 12.6. The smallest absolute Gasteiger partial charge is 0.233 e. The Morgan fingerprint density at radius 3 is 2.32 bits per heavy atom. The van der Waals surface area contributed by atoms with Crippen molar-refractivity contribution in [1.82, 2.24) is 4.90 Å². The molecule has 3 fully saturated rings. The zero-order chi connectivity index (χ0) is 13.6. The van der Waals surface area contributed by atoms with Gasteiger partial charge in [-0.15, -0.1) is 0 Å². The lowest BCUT2D eigenvalue weighted by molar-refractivity contribution is -0.144. The van der Waals surface area contributed by atoms with Gasteiger partial charge in [-0.3, -0.25) is 14.5 Å². The zero-order valence-corrected chi connectivity index (χ0v) is 11.7. The van der Waals surface area contributed by atoms with Crippen molar-refractivity contribution in [3.63, 3.8) is 0 Å². The SMILES string of the molecule is CCC1CC2C(=O)N(C3CCCC3CN)C(=O)C2C1. The molecule has 4 atom stereocenters. The van der Waals surface area contributed by atoms with Gasteiger partial charge >= 0.3 is 0 Å². The number of rotatable bonds is 3. The minimum Gasteiger partial charge on any atom is -0.330 e. The molecule has 1 heterocycles. The number of nitrogens with two attached hydrogens (primary N) is 1. The van der Waals surface area contributed by atoms with Crippen molar-refractivity contribution in [3.05, 3.63) is 0 Å². The molecule has 2 aliphatic carbocycles. The van der Waals surface area contributed by atoms with Crippen LogP contribution in [-0.2, 0) is 9.59 Å². The maximum atomic E-state index is 12.6. The Bertz CT molecular complexity index is 372. The molecule has 4 nitrogen and oxygen atoms in total. The number of imide groups is 1. The van der Waals surface area contributed by atoms with E-state index in [1.807, 2.05) is 0 Å². The average Bonchev–Trinajstić information content (AvgIpc) is 3.08. The number of hydrogen-bond acceptors (Lipinski definition) is 3. The van der Waals surface area contributed by atoms with Crippen LogP contribution in [0.2, 0.25) is 0 Å². The lowest BCUT2D eigenvalue weighted by Gasteiger charge is -2.28. The van der Waals surface area contributed by atoms with Gasteiger partial charge in [0.15, 0.2) is 0 Å². The summed E-state index contributed by atoms with van der Waals surface area (Å²) in [7, 11) is 0. The van der Waals surface area contributed by atoms with E-state index in [-0.39, 0.29) is 29.7 Å². The van der Waals surface area contributed by atoms with Crippen LogP contribution in [0.1, 0.15) is 45.4 Å². The van der Waals surface area contributed by atoms with Crippen LogP contribution >= 0.6 is 0 Å². The summed E-state index contributed by atoms with van der Waals surface area (Å²) in [5.74, 6) is 1.08. The monoisotopic (exact) mass is 264 g/mol. The van der Waals surface area contributed by atoms with Gasteiger partial charge in [0.25, 0.3) is 0 Å². The summed E-state index contributed by atoms with van der Waals surface area (Å²) in [4.78, 5) is 26.8. The molecule has 0 spiro atoms. The number of carbonyl (C=O) groups is 2. The van der Waals surface area contributed by atoms with Crippen molar-refractivity contribution in [2.75, 3.05) is 6.54 Å². The Kier molecular flexibility index (Phi) is 3.37. The highest BCUT2D eigenvalue weighted by Gasteiger charge is 2.55. The Labute approximate surface area is 114 Å². The van der Waals surface area contributed by atoms with E-state index in [2.05, 4.69) is 6.92 Å². The molecule has 1 saturated heterocycles. The van der Waals surface area contributed by atoms with Gasteiger partial charge in [0.2, 0.25) is 11.8 Å². The van der Waals surface area contributed by atoms with E-state index in [4.69, 9.17) is 5.73 Å². The van der Waals surface area contributed by atoms with E-state index in [1.54, 1.807) is 4.90 Å². The molecule has 0 aromatic carbocycles. The standard InChI is InChI=1S/C15H24N2O2/c1-2-9-6-11-12(7-9)15(19)17(14(11)18)13-5-3-4-10(13)8-16/h9-13H,2-8,16H2,1H3. The van der Waals surface area contributed by atoms with Gasteiger partial charge in [0.05, 0.1) is 11.8 Å². The first kappa shape index (κ1) is 13.1.